The smallest absolute Gasteiger partial charge is 0.344 e. The molecule has 0 unspecified atom stereocenters. The van der Waals surface area contributed by atoms with Gasteiger partial charge < -0.3 is 14.8 Å². The van der Waals surface area contributed by atoms with Crippen LogP contribution in [-0.4, -0.2) is 51.1 Å². The zero-order valence-electron chi connectivity index (χ0n) is 15.3. The molecular formula is C18H25NO6S. The van der Waals surface area contributed by atoms with Crippen LogP contribution in [0.1, 0.15) is 32.8 Å². The van der Waals surface area contributed by atoms with Crippen LogP contribution in [0.15, 0.2) is 24.3 Å². The summed E-state index contributed by atoms with van der Waals surface area (Å²) in [6.45, 7) is 5.55. The Labute approximate surface area is 154 Å². The first-order valence-electron chi connectivity index (χ1n) is 8.44. The maximum Gasteiger partial charge on any atom is 0.344 e. The highest BCUT2D eigenvalue weighted by molar-refractivity contribution is 7.91. The Bertz CT molecular complexity index is 749. The summed E-state index contributed by atoms with van der Waals surface area (Å²) in [6, 6.07) is 7.01. The maximum atomic E-state index is 11.7. The summed E-state index contributed by atoms with van der Waals surface area (Å²) in [6.07, 6.45) is 0.385. The third-order valence-corrected chi connectivity index (χ3v) is 5.81. The molecule has 1 aliphatic rings. The number of ether oxygens (including phenoxy) is 2. The van der Waals surface area contributed by atoms with Crippen molar-refractivity contribution in [2.24, 2.45) is 0 Å². The van der Waals surface area contributed by atoms with E-state index in [1.165, 1.54) is 0 Å². The average Bonchev–Trinajstić information content (AvgIpc) is 2.89. The lowest BCUT2D eigenvalue weighted by Gasteiger charge is -2.19. The molecule has 0 aromatic heterocycles. The molecule has 1 atom stereocenters. The molecule has 0 bridgehead atoms. The summed E-state index contributed by atoms with van der Waals surface area (Å²) in [5.41, 5.74) is 1.18. The van der Waals surface area contributed by atoms with Gasteiger partial charge in [0.2, 0.25) is 0 Å². The first-order valence-corrected chi connectivity index (χ1v) is 10.3. The molecule has 8 heteroatoms. The molecule has 1 aliphatic heterocycles. The van der Waals surface area contributed by atoms with Crippen LogP contribution in [0.3, 0.4) is 0 Å². The Balaban J connectivity index is 1.69. The van der Waals surface area contributed by atoms with Crippen LogP contribution in [-0.2, 0) is 29.6 Å². The fourth-order valence-corrected chi connectivity index (χ4v) is 4.23. The molecule has 1 heterocycles. The Morgan fingerprint density at radius 2 is 1.81 bits per heavy atom. The van der Waals surface area contributed by atoms with Gasteiger partial charge in [-0.15, -0.1) is 0 Å². The first kappa shape index (κ1) is 20.2. The van der Waals surface area contributed by atoms with Gasteiger partial charge in [-0.2, -0.15) is 0 Å². The minimum Gasteiger partial charge on any atom is -0.482 e. The van der Waals surface area contributed by atoms with Crippen molar-refractivity contribution in [2.75, 3.05) is 24.7 Å². The topological polar surface area (TPSA) is 98.8 Å². The van der Waals surface area contributed by atoms with Crippen molar-refractivity contribution in [1.82, 2.24) is 5.32 Å². The van der Waals surface area contributed by atoms with Gasteiger partial charge in [0.25, 0.3) is 5.91 Å². The molecule has 1 N–H and O–H groups in total. The molecule has 144 valence electrons. The van der Waals surface area contributed by atoms with E-state index in [4.69, 9.17) is 9.47 Å². The number of sulfone groups is 1. The molecule has 1 aromatic rings. The summed E-state index contributed by atoms with van der Waals surface area (Å²) in [5.74, 6) is -0.649. The minimum atomic E-state index is -3.07. The van der Waals surface area contributed by atoms with Gasteiger partial charge in [0, 0.05) is 6.04 Å². The number of hydrogen-bond acceptors (Lipinski definition) is 6. The monoisotopic (exact) mass is 383 g/mol. The molecule has 0 spiro atoms. The second-order valence-electron chi connectivity index (χ2n) is 7.39. The summed E-state index contributed by atoms with van der Waals surface area (Å²) >= 11 is 0. The van der Waals surface area contributed by atoms with Gasteiger partial charge in [0.1, 0.15) is 5.75 Å². The number of carbonyl (C=O) groups is 2. The molecule has 26 heavy (non-hydrogen) atoms. The third-order valence-electron chi connectivity index (χ3n) is 4.04. The molecule has 0 radical (unpaired) electrons. The van der Waals surface area contributed by atoms with E-state index < -0.39 is 34.4 Å². The quantitative estimate of drug-likeness (QED) is 0.742. The van der Waals surface area contributed by atoms with E-state index in [2.05, 4.69) is 26.1 Å². The molecule has 2 rings (SSSR count). The molecule has 1 saturated heterocycles. The van der Waals surface area contributed by atoms with E-state index in [0.717, 1.165) is 5.56 Å². The standard InChI is InChI=1S/C18H25NO6S/c1-18(2,3)13-4-6-15(7-5-13)24-11-17(21)25-10-16(20)19-14-8-9-26(22,23)12-14/h4-7,14H,8-12H2,1-3H3,(H,19,20)/t14-/m0/s1. The zero-order chi connectivity index (χ0) is 19.4. The molecular weight excluding hydrogens is 358 g/mol. The number of benzene rings is 1. The van der Waals surface area contributed by atoms with Crippen LogP contribution in [0.4, 0.5) is 0 Å². The van der Waals surface area contributed by atoms with Crippen LogP contribution in [0, 0.1) is 0 Å². The van der Waals surface area contributed by atoms with Crippen molar-refractivity contribution in [1.29, 1.82) is 0 Å². The Morgan fingerprint density at radius 3 is 2.35 bits per heavy atom. The van der Waals surface area contributed by atoms with E-state index >= 15 is 0 Å². The second kappa shape index (κ2) is 8.07. The fourth-order valence-electron chi connectivity index (χ4n) is 2.56. The summed E-state index contributed by atoms with van der Waals surface area (Å²) in [5, 5.41) is 2.55. The Kier molecular flexibility index (Phi) is 6.28. The first-order chi connectivity index (χ1) is 12.0. The van der Waals surface area contributed by atoms with Gasteiger partial charge in [-0.3, -0.25) is 4.79 Å². The van der Waals surface area contributed by atoms with E-state index in [1.54, 1.807) is 12.1 Å². The van der Waals surface area contributed by atoms with E-state index in [-0.39, 0.29) is 23.5 Å². The number of carbonyl (C=O) groups excluding carboxylic acids is 2. The average molecular weight is 383 g/mol. The fraction of sp³-hybridized carbons (Fsp3) is 0.556. The molecule has 0 aliphatic carbocycles. The van der Waals surface area contributed by atoms with Crippen molar-refractivity contribution in [3.63, 3.8) is 0 Å². The van der Waals surface area contributed by atoms with Crippen molar-refractivity contribution >= 4 is 21.7 Å². The number of hydrogen-bond donors (Lipinski definition) is 1. The van der Waals surface area contributed by atoms with Crippen molar-refractivity contribution in [2.45, 2.75) is 38.6 Å². The summed E-state index contributed by atoms with van der Waals surface area (Å²) < 4.78 is 32.8. The van der Waals surface area contributed by atoms with Crippen LogP contribution >= 0.6 is 0 Å². The lowest BCUT2D eigenvalue weighted by molar-refractivity contribution is -0.150. The largest absolute Gasteiger partial charge is 0.482 e. The highest BCUT2D eigenvalue weighted by Crippen LogP contribution is 2.24. The van der Waals surface area contributed by atoms with Crippen molar-refractivity contribution in [3.05, 3.63) is 29.8 Å². The van der Waals surface area contributed by atoms with Gasteiger partial charge in [-0.25, -0.2) is 13.2 Å². The normalized spacial score (nSPS) is 19.0. The molecule has 1 amide bonds. The van der Waals surface area contributed by atoms with Gasteiger partial charge in [0.05, 0.1) is 11.5 Å². The maximum absolute atomic E-state index is 11.7. The van der Waals surface area contributed by atoms with Gasteiger partial charge in [0.15, 0.2) is 23.1 Å². The predicted octanol–water partition coefficient (Wildman–Crippen LogP) is 1.21. The van der Waals surface area contributed by atoms with Crippen LogP contribution in [0.5, 0.6) is 5.75 Å². The zero-order valence-corrected chi connectivity index (χ0v) is 16.1. The lowest BCUT2D eigenvalue weighted by atomic mass is 9.87. The van der Waals surface area contributed by atoms with Crippen LogP contribution < -0.4 is 10.1 Å². The van der Waals surface area contributed by atoms with Gasteiger partial charge >= 0.3 is 5.97 Å². The number of esters is 1. The number of nitrogens with one attached hydrogen (secondary N) is 1. The van der Waals surface area contributed by atoms with Crippen LogP contribution in [0.25, 0.3) is 0 Å². The minimum absolute atomic E-state index is 0.0312. The summed E-state index contributed by atoms with van der Waals surface area (Å²) in [7, 11) is -3.07. The van der Waals surface area contributed by atoms with Gasteiger partial charge in [-0.1, -0.05) is 32.9 Å². The molecule has 0 saturated carbocycles. The molecule has 7 nitrogen and oxygen atoms in total. The molecule has 1 aromatic carbocycles. The van der Waals surface area contributed by atoms with Gasteiger partial charge in [-0.05, 0) is 29.5 Å². The Hall–Kier alpha value is -2.09. The third kappa shape index (κ3) is 6.33. The van der Waals surface area contributed by atoms with Crippen molar-refractivity contribution < 1.29 is 27.5 Å². The lowest BCUT2D eigenvalue weighted by Crippen LogP contribution is -2.38. The Morgan fingerprint density at radius 1 is 1.15 bits per heavy atom. The number of amides is 1. The predicted molar refractivity (Wildman–Crippen MR) is 96.8 cm³/mol. The SMILES string of the molecule is CC(C)(C)c1ccc(OCC(=O)OCC(=O)N[C@H]2CCS(=O)(=O)C2)cc1. The molecule has 1 fully saturated rings. The highest BCUT2D eigenvalue weighted by Gasteiger charge is 2.29. The second-order valence-corrected chi connectivity index (χ2v) is 9.62. The van der Waals surface area contributed by atoms with E-state index in [1.807, 2.05) is 12.1 Å². The van der Waals surface area contributed by atoms with E-state index in [9.17, 15) is 18.0 Å². The number of rotatable bonds is 6. The van der Waals surface area contributed by atoms with Crippen molar-refractivity contribution in [3.8, 4) is 5.75 Å². The highest BCUT2D eigenvalue weighted by atomic mass is 32.2. The summed E-state index contributed by atoms with van der Waals surface area (Å²) in [4.78, 5) is 23.4. The van der Waals surface area contributed by atoms with Crippen LogP contribution in [0.2, 0.25) is 0 Å². The van der Waals surface area contributed by atoms with E-state index in [0.29, 0.717) is 12.2 Å².